The highest BCUT2D eigenvalue weighted by Crippen LogP contribution is 2.09. The van der Waals surface area contributed by atoms with Gasteiger partial charge in [-0.2, -0.15) is 0 Å². The highest BCUT2D eigenvalue weighted by molar-refractivity contribution is 6.81. The van der Waals surface area contributed by atoms with Crippen LogP contribution in [0.1, 0.15) is 12.8 Å². The Hall–Kier alpha value is -1.84. The predicted molar refractivity (Wildman–Crippen MR) is 69.5 cm³/mol. The molecule has 0 aromatic rings. The zero-order valence-electron chi connectivity index (χ0n) is 9.69. The van der Waals surface area contributed by atoms with E-state index < -0.39 is 0 Å². The molecule has 0 saturated carbocycles. The summed E-state index contributed by atoms with van der Waals surface area (Å²) in [6.45, 7) is 7.15. The molecule has 4 heteroatoms. The first-order valence-corrected chi connectivity index (χ1v) is 5.47. The molecule has 1 rings (SSSR count). The fourth-order valence-corrected chi connectivity index (χ4v) is 1.56. The highest BCUT2D eigenvalue weighted by Gasteiger charge is 2.27. The third kappa shape index (κ3) is 4.27. The van der Waals surface area contributed by atoms with E-state index in [1.54, 1.807) is 30.4 Å². The molecule has 1 atom stereocenters. The standard InChI is InChI=1S/C13H15BNO2/c1-3-5-7-10(6-4-2)14-13(17)11-8-9-12(16)15-11/h3-7,11H,1-2,8-9H2,(H,15,16)/b7-5-,10-6+. The summed E-state index contributed by atoms with van der Waals surface area (Å²) in [5.41, 5.74) is 0.656. The Kier molecular flexibility index (Phi) is 5.20. The summed E-state index contributed by atoms with van der Waals surface area (Å²) in [5, 5.41) is 2.64. The van der Waals surface area contributed by atoms with Gasteiger partial charge >= 0.3 is 0 Å². The normalized spacial score (nSPS) is 20.1. The lowest BCUT2D eigenvalue weighted by atomic mass is 9.62. The largest absolute Gasteiger partial charge is 0.347 e. The zero-order valence-corrected chi connectivity index (χ0v) is 9.69. The molecule has 0 spiro atoms. The van der Waals surface area contributed by atoms with Crippen molar-refractivity contribution in [1.29, 1.82) is 0 Å². The van der Waals surface area contributed by atoms with Gasteiger partial charge in [0.05, 0.1) is 6.04 Å². The van der Waals surface area contributed by atoms with Gasteiger partial charge < -0.3 is 10.1 Å². The van der Waals surface area contributed by atoms with E-state index in [4.69, 9.17) is 0 Å². The van der Waals surface area contributed by atoms with Crippen molar-refractivity contribution in [2.45, 2.75) is 18.9 Å². The Labute approximate surface area is 102 Å². The summed E-state index contributed by atoms with van der Waals surface area (Å²) in [4.78, 5) is 22.8. The minimum Gasteiger partial charge on any atom is -0.347 e. The lowest BCUT2D eigenvalue weighted by Gasteiger charge is -2.08. The molecule has 1 amide bonds. The van der Waals surface area contributed by atoms with Crippen molar-refractivity contribution < 1.29 is 9.59 Å². The first-order chi connectivity index (χ1) is 8.17. The van der Waals surface area contributed by atoms with Crippen molar-refractivity contribution in [1.82, 2.24) is 5.32 Å². The molecule has 1 aliphatic rings. The second-order valence-corrected chi connectivity index (χ2v) is 3.70. The number of allylic oxidation sites excluding steroid dienone is 6. The molecule has 87 valence electrons. The Morgan fingerprint density at radius 2 is 2.18 bits per heavy atom. The molecule has 0 aromatic carbocycles. The van der Waals surface area contributed by atoms with Crippen molar-refractivity contribution in [2.24, 2.45) is 0 Å². The molecule has 1 fully saturated rings. The fraction of sp³-hybridized carbons (Fsp3) is 0.231. The second-order valence-electron chi connectivity index (χ2n) is 3.70. The lowest BCUT2D eigenvalue weighted by molar-refractivity contribution is -0.121. The number of nitrogens with one attached hydrogen (secondary N) is 1. The van der Waals surface area contributed by atoms with Crippen LogP contribution in [-0.4, -0.2) is 24.9 Å². The van der Waals surface area contributed by atoms with Crippen LogP contribution in [0.3, 0.4) is 0 Å². The summed E-state index contributed by atoms with van der Waals surface area (Å²) < 4.78 is 0. The average molecular weight is 228 g/mol. The van der Waals surface area contributed by atoms with Gasteiger partial charge in [-0.1, -0.05) is 49.0 Å². The van der Waals surface area contributed by atoms with Crippen molar-refractivity contribution in [3.8, 4) is 0 Å². The molecule has 1 saturated heterocycles. The van der Waals surface area contributed by atoms with Gasteiger partial charge in [-0.05, 0) is 6.42 Å². The number of carbonyl (C=O) groups is 2. The second kappa shape index (κ2) is 6.68. The Balaban J connectivity index is 2.61. The number of amides is 1. The minimum absolute atomic E-state index is 0.0624. The van der Waals surface area contributed by atoms with Crippen LogP contribution in [0.5, 0.6) is 0 Å². The van der Waals surface area contributed by atoms with E-state index in [1.165, 1.54) is 7.28 Å². The summed E-state index contributed by atoms with van der Waals surface area (Å²) in [6.07, 6.45) is 9.48. The maximum atomic E-state index is 11.8. The summed E-state index contributed by atoms with van der Waals surface area (Å²) in [7, 11) is 1.51. The molecule has 17 heavy (non-hydrogen) atoms. The number of rotatable bonds is 6. The topological polar surface area (TPSA) is 46.2 Å². The first-order valence-electron chi connectivity index (χ1n) is 5.47. The Bertz CT molecular complexity index is 396. The monoisotopic (exact) mass is 228 g/mol. The molecule has 0 bridgehead atoms. The summed E-state index contributed by atoms with van der Waals surface area (Å²) in [6, 6.07) is -0.382. The summed E-state index contributed by atoms with van der Waals surface area (Å²) >= 11 is 0. The van der Waals surface area contributed by atoms with E-state index >= 15 is 0 Å². The SMILES string of the molecule is C=C/C=C\C([B]C(=O)C1CCC(=O)N1)=C/C=C. The Morgan fingerprint density at radius 1 is 1.41 bits per heavy atom. The highest BCUT2D eigenvalue weighted by atomic mass is 16.2. The van der Waals surface area contributed by atoms with Crippen LogP contribution >= 0.6 is 0 Å². The molecule has 0 aliphatic carbocycles. The molecular formula is C13H15BNO2. The maximum Gasteiger partial charge on any atom is 0.244 e. The van der Waals surface area contributed by atoms with E-state index in [1.807, 2.05) is 0 Å². The molecule has 3 nitrogen and oxygen atoms in total. The fourth-order valence-electron chi connectivity index (χ4n) is 1.56. The predicted octanol–water partition coefficient (Wildman–Crippen LogP) is 1.31. The smallest absolute Gasteiger partial charge is 0.244 e. The van der Waals surface area contributed by atoms with Crippen molar-refractivity contribution in [3.05, 3.63) is 49.0 Å². The van der Waals surface area contributed by atoms with Gasteiger partial charge in [-0.25, -0.2) is 0 Å². The average Bonchev–Trinajstić information content (AvgIpc) is 2.73. The van der Waals surface area contributed by atoms with Crippen LogP contribution in [0, 0.1) is 0 Å². The molecule has 1 aliphatic heterocycles. The van der Waals surface area contributed by atoms with Gasteiger partial charge in [-0.15, -0.1) is 0 Å². The van der Waals surface area contributed by atoms with E-state index in [0.717, 1.165) is 5.47 Å². The molecule has 1 radical (unpaired) electrons. The van der Waals surface area contributed by atoms with Crippen LogP contribution in [0.25, 0.3) is 0 Å². The van der Waals surface area contributed by atoms with Gasteiger partial charge in [0.15, 0.2) is 0 Å². The van der Waals surface area contributed by atoms with Crippen LogP contribution in [0.15, 0.2) is 49.0 Å². The maximum absolute atomic E-state index is 11.8. The molecule has 1 N–H and O–H groups in total. The Morgan fingerprint density at radius 3 is 2.71 bits per heavy atom. The molecule has 1 unspecified atom stereocenters. The molecule has 0 aromatic heterocycles. The van der Waals surface area contributed by atoms with E-state index in [9.17, 15) is 9.59 Å². The van der Waals surface area contributed by atoms with Gasteiger partial charge in [0, 0.05) is 6.42 Å². The quantitative estimate of drug-likeness (QED) is 0.550. The number of hydrogen-bond acceptors (Lipinski definition) is 2. The van der Waals surface area contributed by atoms with Gasteiger partial charge in [-0.3, -0.25) is 4.79 Å². The van der Waals surface area contributed by atoms with Gasteiger partial charge in [0.2, 0.25) is 13.2 Å². The van der Waals surface area contributed by atoms with Crippen LogP contribution in [0.2, 0.25) is 0 Å². The van der Waals surface area contributed by atoms with E-state index in [2.05, 4.69) is 18.5 Å². The third-order valence-electron chi connectivity index (χ3n) is 2.38. The molecular weight excluding hydrogens is 213 g/mol. The van der Waals surface area contributed by atoms with E-state index in [0.29, 0.717) is 12.8 Å². The zero-order chi connectivity index (χ0) is 12.7. The number of carbonyl (C=O) groups excluding carboxylic acids is 2. The first kappa shape index (κ1) is 13.2. The van der Waals surface area contributed by atoms with Gasteiger partial charge in [0.25, 0.3) is 0 Å². The summed E-state index contributed by atoms with van der Waals surface area (Å²) in [5.74, 6) is -0.0624. The van der Waals surface area contributed by atoms with Gasteiger partial charge in [0.1, 0.15) is 5.68 Å². The van der Waals surface area contributed by atoms with Crippen LogP contribution < -0.4 is 5.32 Å². The van der Waals surface area contributed by atoms with Crippen molar-refractivity contribution in [2.75, 3.05) is 0 Å². The number of hydrogen-bond donors (Lipinski definition) is 1. The lowest BCUT2D eigenvalue weighted by Crippen LogP contribution is -2.36. The minimum atomic E-state index is -0.382. The van der Waals surface area contributed by atoms with Crippen LogP contribution in [0.4, 0.5) is 0 Å². The van der Waals surface area contributed by atoms with Crippen LogP contribution in [-0.2, 0) is 9.59 Å². The van der Waals surface area contributed by atoms with E-state index in [-0.39, 0.29) is 17.6 Å². The molecule has 1 heterocycles. The third-order valence-corrected chi connectivity index (χ3v) is 2.38. The van der Waals surface area contributed by atoms with Crippen molar-refractivity contribution >= 4 is 18.9 Å². The van der Waals surface area contributed by atoms with Crippen molar-refractivity contribution in [3.63, 3.8) is 0 Å².